The number of nitrogens with one attached hydrogen (secondary N) is 3. The molecule has 106 valence electrons. The van der Waals surface area contributed by atoms with Crippen molar-refractivity contribution in [3.05, 3.63) is 42.2 Å². The number of rotatable bonds is 6. The molecule has 6 nitrogen and oxygen atoms in total. The number of anilines is 1. The van der Waals surface area contributed by atoms with E-state index in [0.29, 0.717) is 6.04 Å². The first kappa shape index (κ1) is 13.1. The van der Waals surface area contributed by atoms with Crippen LogP contribution >= 0.6 is 0 Å². The van der Waals surface area contributed by atoms with Crippen LogP contribution in [0.25, 0.3) is 0 Å². The third kappa shape index (κ3) is 3.17. The van der Waals surface area contributed by atoms with Crippen molar-refractivity contribution in [3.63, 3.8) is 0 Å². The molecule has 0 amide bonds. The summed E-state index contributed by atoms with van der Waals surface area (Å²) in [7, 11) is -3.58. The molecular weight excluding hydrogens is 276 g/mol. The fourth-order valence-corrected chi connectivity index (χ4v) is 2.82. The molecule has 1 fully saturated rings. The number of aromatic amines is 1. The van der Waals surface area contributed by atoms with E-state index in [1.54, 1.807) is 18.3 Å². The van der Waals surface area contributed by atoms with Gasteiger partial charge < -0.3 is 10.3 Å². The SMILES string of the molecule is O=S(=O)(Nc1ncc[nH]1)c1ccc(CNC2CC2)cc1. The number of hydrogen-bond donors (Lipinski definition) is 3. The van der Waals surface area contributed by atoms with Crippen LogP contribution in [0.2, 0.25) is 0 Å². The summed E-state index contributed by atoms with van der Waals surface area (Å²) in [4.78, 5) is 6.77. The highest BCUT2D eigenvalue weighted by atomic mass is 32.2. The molecule has 3 N–H and O–H groups in total. The van der Waals surface area contributed by atoms with Gasteiger partial charge >= 0.3 is 0 Å². The fraction of sp³-hybridized carbons (Fsp3) is 0.308. The Hall–Kier alpha value is -1.86. The molecule has 1 aromatic heterocycles. The van der Waals surface area contributed by atoms with Gasteiger partial charge in [0, 0.05) is 25.0 Å². The quantitative estimate of drug-likeness (QED) is 0.752. The second-order valence-corrected chi connectivity index (χ2v) is 6.52. The van der Waals surface area contributed by atoms with Crippen molar-refractivity contribution in [1.29, 1.82) is 0 Å². The van der Waals surface area contributed by atoms with E-state index in [4.69, 9.17) is 0 Å². The standard InChI is InChI=1S/C13H16N4O2S/c18-20(19,17-13-14-7-8-15-13)12-5-1-10(2-6-12)9-16-11-3-4-11/h1-2,5-8,11,16H,3-4,9H2,(H2,14,15,17). The number of imidazole rings is 1. The third-order valence-corrected chi connectivity index (χ3v) is 4.49. The molecule has 1 aliphatic carbocycles. The average Bonchev–Trinajstić information content (AvgIpc) is 3.14. The van der Waals surface area contributed by atoms with Gasteiger partial charge in [-0.1, -0.05) is 12.1 Å². The minimum atomic E-state index is -3.58. The summed E-state index contributed by atoms with van der Waals surface area (Å²) in [6.07, 6.45) is 5.52. The molecule has 0 atom stereocenters. The second kappa shape index (κ2) is 5.26. The number of H-pyrrole nitrogens is 1. The average molecular weight is 292 g/mol. The second-order valence-electron chi connectivity index (χ2n) is 4.84. The van der Waals surface area contributed by atoms with Gasteiger partial charge in [-0.3, -0.25) is 0 Å². The van der Waals surface area contributed by atoms with Crippen molar-refractivity contribution in [1.82, 2.24) is 15.3 Å². The van der Waals surface area contributed by atoms with Gasteiger partial charge in [-0.05, 0) is 30.5 Å². The van der Waals surface area contributed by atoms with Gasteiger partial charge in [0.05, 0.1) is 4.90 Å². The normalized spacial score (nSPS) is 15.2. The molecular formula is C13H16N4O2S. The monoisotopic (exact) mass is 292 g/mol. The highest BCUT2D eigenvalue weighted by molar-refractivity contribution is 7.92. The first-order valence-electron chi connectivity index (χ1n) is 6.48. The van der Waals surface area contributed by atoms with Gasteiger partial charge in [0.25, 0.3) is 10.0 Å². The molecule has 2 aromatic rings. The van der Waals surface area contributed by atoms with Crippen molar-refractivity contribution in [3.8, 4) is 0 Å². The van der Waals surface area contributed by atoms with E-state index in [9.17, 15) is 8.42 Å². The van der Waals surface area contributed by atoms with Crippen LogP contribution in [0.5, 0.6) is 0 Å². The largest absolute Gasteiger partial charge is 0.330 e. The molecule has 0 unspecified atom stereocenters. The number of nitrogens with zero attached hydrogens (tertiary/aromatic N) is 1. The molecule has 0 aliphatic heterocycles. The van der Waals surface area contributed by atoms with Crippen LogP contribution in [-0.4, -0.2) is 24.4 Å². The Bertz CT molecular complexity index is 661. The fourth-order valence-electron chi connectivity index (χ4n) is 1.84. The van der Waals surface area contributed by atoms with E-state index < -0.39 is 10.0 Å². The van der Waals surface area contributed by atoms with Crippen LogP contribution in [0, 0.1) is 0 Å². The van der Waals surface area contributed by atoms with Crippen LogP contribution in [0.15, 0.2) is 41.6 Å². The summed E-state index contributed by atoms with van der Waals surface area (Å²) in [6, 6.07) is 7.50. The molecule has 1 aliphatic rings. The molecule has 1 heterocycles. The molecule has 1 saturated carbocycles. The summed E-state index contributed by atoms with van der Waals surface area (Å²) in [5, 5.41) is 3.39. The minimum Gasteiger partial charge on any atom is -0.330 e. The molecule has 7 heteroatoms. The van der Waals surface area contributed by atoms with E-state index in [1.165, 1.54) is 19.0 Å². The molecule has 0 bridgehead atoms. The molecule has 20 heavy (non-hydrogen) atoms. The molecule has 0 saturated heterocycles. The molecule has 1 aromatic carbocycles. The molecule has 0 radical (unpaired) electrons. The van der Waals surface area contributed by atoms with E-state index in [1.807, 2.05) is 12.1 Å². The summed E-state index contributed by atoms with van der Waals surface area (Å²) in [6.45, 7) is 0.774. The number of hydrogen-bond acceptors (Lipinski definition) is 4. The summed E-state index contributed by atoms with van der Waals surface area (Å²) >= 11 is 0. The Balaban J connectivity index is 1.69. The Morgan fingerprint density at radius 1 is 1.25 bits per heavy atom. The first-order chi connectivity index (χ1) is 9.63. The number of aromatic nitrogens is 2. The minimum absolute atomic E-state index is 0.212. The predicted octanol–water partition coefficient (Wildman–Crippen LogP) is 1.46. The van der Waals surface area contributed by atoms with Crippen molar-refractivity contribution in [2.75, 3.05) is 4.72 Å². The summed E-state index contributed by atoms with van der Waals surface area (Å²) in [5.41, 5.74) is 1.08. The maximum absolute atomic E-state index is 12.1. The predicted molar refractivity (Wildman–Crippen MR) is 75.7 cm³/mol. The Morgan fingerprint density at radius 2 is 2.00 bits per heavy atom. The highest BCUT2D eigenvalue weighted by Gasteiger charge is 2.20. The summed E-state index contributed by atoms with van der Waals surface area (Å²) < 4.78 is 26.6. The zero-order chi connectivity index (χ0) is 14.0. The number of sulfonamides is 1. The van der Waals surface area contributed by atoms with E-state index >= 15 is 0 Å². The topological polar surface area (TPSA) is 86.9 Å². The van der Waals surface area contributed by atoms with Gasteiger partial charge in [0.1, 0.15) is 0 Å². The van der Waals surface area contributed by atoms with E-state index in [0.717, 1.165) is 12.1 Å². The lowest BCUT2D eigenvalue weighted by atomic mass is 10.2. The van der Waals surface area contributed by atoms with Crippen molar-refractivity contribution in [2.24, 2.45) is 0 Å². The maximum Gasteiger partial charge on any atom is 0.264 e. The van der Waals surface area contributed by atoms with Crippen molar-refractivity contribution < 1.29 is 8.42 Å². The Morgan fingerprint density at radius 3 is 2.60 bits per heavy atom. The molecule has 0 spiro atoms. The summed E-state index contributed by atoms with van der Waals surface area (Å²) in [5.74, 6) is 0.212. The smallest absolute Gasteiger partial charge is 0.264 e. The van der Waals surface area contributed by atoms with E-state index in [2.05, 4.69) is 20.0 Å². The first-order valence-corrected chi connectivity index (χ1v) is 7.96. The Kier molecular flexibility index (Phi) is 3.45. The van der Waals surface area contributed by atoms with Gasteiger partial charge in [-0.15, -0.1) is 0 Å². The lowest BCUT2D eigenvalue weighted by Crippen LogP contribution is -2.16. The van der Waals surface area contributed by atoms with Crippen LogP contribution < -0.4 is 10.0 Å². The van der Waals surface area contributed by atoms with E-state index in [-0.39, 0.29) is 10.8 Å². The maximum atomic E-state index is 12.1. The van der Waals surface area contributed by atoms with Crippen molar-refractivity contribution in [2.45, 2.75) is 30.3 Å². The van der Waals surface area contributed by atoms with Crippen molar-refractivity contribution >= 4 is 16.0 Å². The van der Waals surface area contributed by atoms with Crippen LogP contribution in [0.4, 0.5) is 5.95 Å². The lowest BCUT2D eigenvalue weighted by molar-refractivity contribution is 0.600. The van der Waals surface area contributed by atoms with Gasteiger partial charge in [-0.2, -0.15) is 0 Å². The highest BCUT2D eigenvalue weighted by Crippen LogP contribution is 2.20. The van der Waals surface area contributed by atoms with Crippen LogP contribution in [0.3, 0.4) is 0 Å². The Labute approximate surface area is 117 Å². The number of benzene rings is 1. The molecule has 3 rings (SSSR count). The zero-order valence-corrected chi connectivity index (χ0v) is 11.7. The third-order valence-electron chi connectivity index (χ3n) is 3.14. The van der Waals surface area contributed by atoms with Crippen LogP contribution in [-0.2, 0) is 16.6 Å². The van der Waals surface area contributed by atoms with Gasteiger partial charge in [0.2, 0.25) is 5.95 Å². The van der Waals surface area contributed by atoms with Gasteiger partial charge in [0.15, 0.2) is 0 Å². The zero-order valence-electron chi connectivity index (χ0n) is 10.8. The van der Waals surface area contributed by atoms with Gasteiger partial charge in [-0.25, -0.2) is 18.1 Å². The lowest BCUT2D eigenvalue weighted by Gasteiger charge is -2.07. The van der Waals surface area contributed by atoms with Crippen LogP contribution in [0.1, 0.15) is 18.4 Å².